The van der Waals surface area contributed by atoms with Gasteiger partial charge in [-0.1, -0.05) is 11.6 Å². The molecule has 0 spiro atoms. The predicted molar refractivity (Wildman–Crippen MR) is 112 cm³/mol. The molecule has 1 aromatic rings. The Morgan fingerprint density at radius 3 is 2.46 bits per heavy atom. The van der Waals surface area contributed by atoms with Crippen molar-refractivity contribution < 1.29 is 13.2 Å². The number of guanidine groups is 1. The fourth-order valence-electron chi connectivity index (χ4n) is 3.43. The lowest BCUT2D eigenvalue weighted by molar-refractivity contribution is -0.130. The minimum absolute atomic E-state index is 0.00208. The molecular weight excluding hydrogens is 402 g/mol. The van der Waals surface area contributed by atoms with Gasteiger partial charge in [-0.25, -0.2) is 8.42 Å². The largest absolute Gasteiger partial charge is 0.368 e. The molecule has 1 unspecified atom stereocenters. The molecule has 2 saturated heterocycles. The standard InChI is InChI=1S/C18H26ClN5O3S/c1-20-18(22-15-6-11-28(26,27)13-15)21-12-17(25)24-9-7-23(8-10-24)16-4-2-14(19)3-5-16/h2-5,15H,6-13H2,1H3,(H2,20,21,22). The highest BCUT2D eigenvalue weighted by molar-refractivity contribution is 7.91. The van der Waals surface area contributed by atoms with Crippen LogP contribution in [0.5, 0.6) is 0 Å². The van der Waals surface area contributed by atoms with Gasteiger partial charge < -0.3 is 20.4 Å². The second-order valence-electron chi connectivity index (χ2n) is 7.01. The Hall–Kier alpha value is -2.00. The zero-order valence-electron chi connectivity index (χ0n) is 15.9. The smallest absolute Gasteiger partial charge is 0.242 e. The summed E-state index contributed by atoms with van der Waals surface area (Å²) in [6, 6.07) is 7.55. The number of carbonyl (C=O) groups is 1. The maximum Gasteiger partial charge on any atom is 0.242 e. The molecule has 1 amide bonds. The lowest BCUT2D eigenvalue weighted by Gasteiger charge is -2.36. The summed E-state index contributed by atoms with van der Waals surface area (Å²) < 4.78 is 23.1. The van der Waals surface area contributed by atoms with Crippen molar-refractivity contribution in [2.24, 2.45) is 4.99 Å². The molecule has 10 heteroatoms. The van der Waals surface area contributed by atoms with Gasteiger partial charge in [-0.05, 0) is 30.7 Å². The molecule has 154 valence electrons. The number of piperazine rings is 1. The van der Waals surface area contributed by atoms with Crippen LogP contribution in [0.1, 0.15) is 6.42 Å². The highest BCUT2D eigenvalue weighted by Crippen LogP contribution is 2.19. The number of aliphatic imine (C=N–C) groups is 1. The van der Waals surface area contributed by atoms with Crippen LogP contribution in [0.2, 0.25) is 5.02 Å². The van der Waals surface area contributed by atoms with Crippen molar-refractivity contribution in [1.82, 2.24) is 15.5 Å². The zero-order chi connectivity index (χ0) is 20.1. The highest BCUT2D eigenvalue weighted by atomic mass is 35.5. The third kappa shape index (κ3) is 5.51. The number of hydrogen-bond acceptors (Lipinski definition) is 5. The number of sulfone groups is 1. The Kier molecular flexibility index (Phi) is 6.66. The van der Waals surface area contributed by atoms with Gasteiger partial charge in [-0.2, -0.15) is 0 Å². The van der Waals surface area contributed by atoms with Gasteiger partial charge in [0.2, 0.25) is 5.91 Å². The van der Waals surface area contributed by atoms with Crippen molar-refractivity contribution in [3.05, 3.63) is 29.3 Å². The van der Waals surface area contributed by atoms with Crippen LogP contribution in [0.25, 0.3) is 0 Å². The number of carbonyl (C=O) groups excluding carboxylic acids is 1. The Balaban J connectivity index is 1.43. The molecule has 2 N–H and O–H groups in total. The van der Waals surface area contributed by atoms with E-state index in [9.17, 15) is 13.2 Å². The second kappa shape index (κ2) is 9.00. The van der Waals surface area contributed by atoms with E-state index < -0.39 is 9.84 Å². The Morgan fingerprint density at radius 2 is 1.89 bits per heavy atom. The number of nitrogens with zero attached hydrogens (tertiary/aromatic N) is 3. The molecule has 2 fully saturated rings. The molecule has 0 aromatic heterocycles. The van der Waals surface area contributed by atoms with E-state index >= 15 is 0 Å². The first-order chi connectivity index (χ1) is 13.4. The molecule has 28 heavy (non-hydrogen) atoms. The minimum Gasteiger partial charge on any atom is -0.368 e. The van der Waals surface area contributed by atoms with Crippen molar-refractivity contribution in [3.8, 4) is 0 Å². The van der Waals surface area contributed by atoms with E-state index in [-0.39, 0.29) is 30.0 Å². The fourth-order valence-corrected chi connectivity index (χ4v) is 5.23. The average molecular weight is 428 g/mol. The number of benzene rings is 1. The van der Waals surface area contributed by atoms with Gasteiger partial charge in [-0.15, -0.1) is 0 Å². The van der Waals surface area contributed by atoms with Gasteiger partial charge in [0.15, 0.2) is 15.8 Å². The van der Waals surface area contributed by atoms with Crippen LogP contribution in [-0.4, -0.2) is 82.5 Å². The van der Waals surface area contributed by atoms with Crippen LogP contribution < -0.4 is 15.5 Å². The van der Waals surface area contributed by atoms with E-state index in [0.717, 1.165) is 18.8 Å². The van der Waals surface area contributed by atoms with Crippen LogP contribution in [0.3, 0.4) is 0 Å². The first-order valence-corrected chi connectivity index (χ1v) is 11.5. The van der Waals surface area contributed by atoms with Gasteiger partial charge in [-0.3, -0.25) is 9.79 Å². The maximum atomic E-state index is 12.5. The Bertz CT molecular complexity index is 820. The highest BCUT2D eigenvalue weighted by Gasteiger charge is 2.28. The summed E-state index contributed by atoms with van der Waals surface area (Å²) in [4.78, 5) is 20.6. The molecule has 3 rings (SSSR count). The molecule has 0 radical (unpaired) electrons. The lowest BCUT2D eigenvalue weighted by atomic mass is 10.2. The number of nitrogens with one attached hydrogen (secondary N) is 2. The summed E-state index contributed by atoms with van der Waals surface area (Å²) in [7, 11) is -1.36. The molecule has 2 aliphatic heterocycles. The van der Waals surface area contributed by atoms with Crippen molar-refractivity contribution in [1.29, 1.82) is 0 Å². The van der Waals surface area contributed by atoms with E-state index in [1.54, 1.807) is 7.05 Å². The Morgan fingerprint density at radius 1 is 1.21 bits per heavy atom. The summed E-state index contributed by atoms with van der Waals surface area (Å²) in [6.45, 7) is 2.95. The average Bonchev–Trinajstić information content (AvgIpc) is 3.04. The monoisotopic (exact) mass is 427 g/mol. The van der Waals surface area contributed by atoms with Crippen LogP contribution >= 0.6 is 11.6 Å². The van der Waals surface area contributed by atoms with E-state index in [2.05, 4.69) is 20.5 Å². The molecule has 0 aliphatic carbocycles. The van der Waals surface area contributed by atoms with Crippen molar-refractivity contribution >= 4 is 39.0 Å². The summed E-state index contributed by atoms with van der Waals surface area (Å²) in [5.41, 5.74) is 1.10. The van der Waals surface area contributed by atoms with E-state index in [1.807, 2.05) is 29.2 Å². The summed E-state index contributed by atoms with van der Waals surface area (Å²) in [5, 5.41) is 6.79. The van der Waals surface area contributed by atoms with Gasteiger partial charge in [0.25, 0.3) is 0 Å². The molecule has 8 nitrogen and oxygen atoms in total. The van der Waals surface area contributed by atoms with Crippen LogP contribution in [0.15, 0.2) is 29.3 Å². The summed E-state index contributed by atoms with van der Waals surface area (Å²) >= 11 is 5.93. The normalized spacial score (nSPS) is 22.2. The number of anilines is 1. The van der Waals surface area contributed by atoms with Gasteiger partial charge in [0, 0.05) is 50.0 Å². The van der Waals surface area contributed by atoms with Crippen molar-refractivity contribution in [3.63, 3.8) is 0 Å². The van der Waals surface area contributed by atoms with Crippen LogP contribution in [0, 0.1) is 0 Å². The predicted octanol–water partition coefficient (Wildman–Crippen LogP) is 0.341. The number of hydrogen-bond donors (Lipinski definition) is 2. The molecule has 2 heterocycles. The minimum atomic E-state index is -2.96. The molecular formula is C18H26ClN5O3S. The van der Waals surface area contributed by atoms with Crippen molar-refractivity contribution in [2.75, 3.05) is 56.2 Å². The lowest BCUT2D eigenvalue weighted by Crippen LogP contribution is -2.53. The molecule has 0 bridgehead atoms. The third-order valence-electron chi connectivity index (χ3n) is 5.03. The van der Waals surface area contributed by atoms with Crippen molar-refractivity contribution in [2.45, 2.75) is 12.5 Å². The van der Waals surface area contributed by atoms with Crippen LogP contribution in [0.4, 0.5) is 5.69 Å². The second-order valence-corrected chi connectivity index (χ2v) is 9.68. The molecule has 1 atom stereocenters. The van der Waals surface area contributed by atoms with Gasteiger partial charge in [0.05, 0.1) is 18.1 Å². The summed E-state index contributed by atoms with van der Waals surface area (Å²) in [6.07, 6.45) is 0.559. The SMILES string of the molecule is CN=C(NCC(=O)N1CCN(c2ccc(Cl)cc2)CC1)NC1CCS(=O)(=O)C1. The number of rotatable bonds is 4. The van der Waals surface area contributed by atoms with E-state index in [0.29, 0.717) is 30.5 Å². The van der Waals surface area contributed by atoms with E-state index in [4.69, 9.17) is 11.6 Å². The molecule has 2 aliphatic rings. The van der Waals surface area contributed by atoms with Gasteiger partial charge >= 0.3 is 0 Å². The summed E-state index contributed by atoms with van der Waals surface area (Å²) in [5.74, 6) is 0.750. The third-order valence-corrected chi connectivity index (χ3v) is 7.05. The quantitative estimate of drug-likeness (QED) is 0.531. The Labute approximate surface area is 170 Å². The topological polar surface area (TPSA) is 94.1 Å². The van der Waals surface area contributed by atoms with Crippen LogP contribution in [-0.2, 0) is 14.6 Å². The maximum absolute atomic E-state index is 12.5. The first kappa shape index (κ1) is 20.7. The molecule has 1 aromatic carbocycles. The first-order valence-electron chi connectivity index (χ1n) is 9.32. The number of halogens is 1. The molecule has 0 saturated carbocycles. The fraction of sp³-hybridized carbons (Fsp3) is 0.556. The van der Waals surface area contributed by atoms with E-state index in [1.165, 1.54) is 0 Å². The van der Waals surface area contributed by atoms with Gasteiger partial charge in [0.1, 0.15) is 0 Å². The zero-order valence-corrected chi connectivity index (χ0v) is 17.5. The number of amides is 1.